The molecule has 0 aromatic heterocycles. The summed E-state index contributed by atoms with van der Waals surface area (Å²) in [5.74, 6) is 0.556. The molecule has 1 unspecified atom stereocenters. The zero-order chi connectivity index (χ0) is 12.4. The van der Waals surface area contributed by atoms with E-state index in [1.54, 1.807) is 23.3 Å². The predicted octanol–water partition coefficient (Wildman–Crippen LogP) is 4.03. The third-order valence-electron chi connectivity index (χ3n) is 1.68. The van der Waals surface area contributed by atoms with Crippen LogP contribution in [0.15, 0.2) is 36.0 Å². The minimum Gasteiger partial charge on any atom is -0.273 e. The number of hydrogen-bond donors (Lipinski definition) is 0. The van der Waals surface area contributed by atoms with Gasteiger partial charge in [-0.05, 0) is 0 Å². The molecule has 2 aliphatic carbocycles. The van der Waals surface area contributed by atoms with Gasteiger partial charge in [0.25, 0.3) is 0 Å². The number of allylic oxidation sites excluding steroid dienone is 8. The molecule has 0 spiro atoms. The molecule has 2 rings (SSSR count). The molecule has 0 saturated heterocycles. The van der Waals surface area contributed by atoms with Crippen LogP contribution in [0.2, 0.25) is 13.1 Å². The van der Waals surface area contributed by atoms with Crippen LogP contribution in [0.25, 0.3) is 0 Å². The molecule has 0 radical (unpaired) electrons. The van der Waals surface area contributed by atoms with Crippen LogP contribution >= 0.6 is 0 Å². The summed E-state index contributed by atoms with van der Waals surface area (Å²) in [5.41, 5.74) is 1.48. The van der Waals surface area contributed by atoms with Gasteiger partial charge in [0.05, 0.1) is 0 Å². The molecule has 0 fully saturated rings. The van der Waals surface area contributed by atoms with Crippen LogP contribution < -0.4 is 0 Å². The molecular formula is C14H20SiZr. The Morgan fingerprint density at radius 1 is 1.44 bits per heavy atom. The average Bonchev–Trinajstić information content (AvgIpc) is 2.78. The Kier molecular flexibility index (Phi) is 10.3. The molecular weight excluding hydrogens is 287 g/mol. The third kappa shape index (κ3) is 12.1. The average molecular weight is 308 g/mol. The molecule has 16 heavy (non-hydrogen) atoms. The monoisotopic (exact) mass is 306 g/mol. The van der Waals surface area contributed by atoms with Crippen molar-refractivity contribution in [2.75, 3.05) is 0 Å². The zero-order valence-electron chi connectivity index (χ0n) is 10.7. The third-order valence-corrected chi connectivity index (χ3v) is 1.68. The Labute approximate surface area is 116 Å². The van der Waals surface area contributed by atoms with E-state index in [0.717, 1.165) is 6.42 Å². The van der Waals surface area contributed by atoms with Crippen LogP contribution in [0.4, 0.5) is 0 Å². The van der Waals surface area contributed by atoms with Gasteiger partial charge in [-0.1, -0.05) is 19.8 Å². The summed E-state index contributed by atoms with van der Waals surface area (Å²) in [5, 5.41) is 0. The van der Waals surface area contributed by atoms with E-state index in [9.17, 15) is 0 Å². The van der Waals surface area contributed by atoms with E-state index in [-0.39, 0.29) is 5.43 Å². The minimum atomic E-state index is 0.210. The maximum absolute atomic E-state index is 3.22. The molecule has 2 heteroatoms. The topological polar surface area (TPSA) is 0 Å². The first-order chi connectivity index (χ1) is 7.52. The van der Waals surface area contributed by atoms with Crippen LogP contribution in [-0.4, -0.2) is 5.43 Å². The molecule has 0 saturated carbocycles. The van der Waals surface area contributed by atoms with Gasteiger partial charge < -0.3 is 0 Å². The number of rotatable bonds is 0. The van der Waals surface area contributed by atoms with Crippen molar-refractivity contribution in [3.05, 3.63) is 48.1 Å². The molecule has 0 aliphatic heterocycles. The van der Waals surface area contributed by atoms with Gasteiger partial charge in [-0.25, -0.2) is 23.8 Å². The fourth-order valence-corrected chi connectivity index (χ4v) is 1.08. The number of hydrogen-bond acceptors (Lipinski definition) is 0. The van der Waals surface area contributed by atoms with Crippen molar-refractivity contribution in [2.24, 2.45) is 5.92 Å². The predicted molar refractivity (Wildman–Crippen MR) is 69.8 cm³/mol. The summed E-state index contributed by atoms with van der Waals surface area (Å²) in [6, 6.07) is 0. The van der Waals surface area contributed by atoms with Crippen LogP contribution in [-0.2, 0) is 23.3 Å². The maximum atomic E-state index is 3.22. The first-order valence-electron chi connectivity index (χ1n) is 5.54. The summed E-state index contributed by atoms with van der Waals surface area (Å²) < 4.78 is 0. The van der Waals surface area contributed by atoms with Crippen LogP contribution in [0.3, 0.4) is 0 Å². The summed E-state index contributed by atoms with van der Waals surface area (Å²) in [4.78, 5) is 0. The van der Waals surface area contributed by atoms with Gasteiger partial charge in [-0.15, -0.1) is 6.42 Å². The fraction of sp³-hybridized carbons (Fsp3) is 0.429. The molecule has 0 bridgehead atoms. The first-order valence-corrected chi connectivity index (χ1v) is 11.7. The van der Waals surface area contributed by atoms with Gasteiger partial charge in [0.2, 0.25) is 0 Å². The van der Waals surface area contributed by atoms with Crippen LogP contribution in [0.1, 0.15) is 20.3 Å². The van der Waals surface area contributed by atoms with Crippen molar-refractivity contribution in [3.63, 3.8) is 0 Å². The van der Waals surface area contributed by atoms with Crippen molar-refractivity contribution in [2.45, 2.75) is 33.4 Å². The molecule has 0 aromatic carbocycles. The van der Waals surface area contributed by atoms with E-state index < -0.39 is 0 Å². The first kappa shape index (κ1) is 16.1. The zero-order valence-corrected chi connectivity index (χ0v) is 14.1. The van der Waals surface area contributed by atoms with Gasteiger partial charge in [0.1, 0.15) is 0 Å². The molecule has 0 nitrogen and oxygen atoms in total. The second-order valence-electron chi connectivity index (χ2n) is 3.98. The Balaban J connectivity index is 0.000000222. The van der Waals surface area contributed by atoms with Gasteiger partial charge in [0.15, 0.2) is 0 Å². The molecule has 0 N–H and O–H groups in total. The largest absolute Gasteiger partial charge is 0.273 e. The minimum absolute atomic E-state index is 0.210. The summed E-state index contributed by atoms with van der Waals surface area (Å²) in [6.45, 7) is 8.82. The van der Waals surface area contributed by atoms with Gasteiger partial charge in [-0.3, -0.25) is 12.2 Å². The fourth-order valence-electron chi connectivity index (χ4n) is 1.08. The van der Waals surface area contributed by atoms with E-state index in [2.05, 4.69) is 57.3 Å². The standard InChI is InChI=1S/C7H9.C5H5.C2H6Si.Zr/c1-6-3-4-7(2)5-6;1-2-4-5-3-1;1-3-2;/h3-4,6H,1-2H3;1-3H,4H2;1-2H3;/q2*-1;;+2. The summed E-state index contributed by atoms with van der Waals surface area (Å²) in [6.07, 6.45) is 17.5. The molecule has 84 valence electrons. The van der Waals surface area contributed by atoms with Crippen molar-refractivity contribution >= 4 is 5.43 Å². The molecule has 1 atom stereocenters. The maximum Gasteiger partial charge on any atom is -0.109 e. The normalized spacial score (nSPS) is 19.6. The molecule has 0 aromatic rings. The van der Waals surface area contributed by atoms with Gasteiger partial charge >= 0.3 is 41.9 Å². The van der Waals surface area contributed by atoms with E-state index in [4.69, 9.17) is 0 Å². The van der Waals surface area contributed by atoms with E-state index in [1.165, 1.54) is 5.57 Å². The van der Waals surface area contributed by atoms with Crippen molar-refractivity contribution in [1.29, 1.82) is 0 Å². The Morgan fingerprint density at radius 3 is 2.19 bits per heavy atom. The second-order valence-corrected chi connectivity index (χ2v) is 13.4. The quantitative estimate of drug-likeness (QED) is 0.468. The van der Waals surface area contributed by atoms with Crippen molar-refractivity contribution < 1.29 is 23.3 Å². The Bertz CT molecular complexity index is 308. The smallest absolute Gasteiger partial charge is 0.109 e. The summed E-state index contributed by atoms with van der Waals surface area (Å²) >= 11 is 1.74. The van der Waals surface area contributed by atoms with Crippen molar-refractivity contribution in [3.8, 4) is 0 Å². The van der Waals surface area contributed by atoms with Gasteiger partial charge in [-0.2, -0.15) is 12.2 Å². The SMILES string of the molecule is CC1=[C-]C(C)C=C1.C[Si](C)=[Zr+2].[C-]1=CC=CC1. The molecule has 0 heterocycles. The van der Waals surface area contributed by atoms with Crippen LogP contribution in [0.5, 0.6) is 0 Å². The van der Waals surface area contributed by atoms with Gasteiger partial charge in [0, 0.05) is 0 Å². The summed E-state index contributed by atoms with van der Waals surface area (Å²) in [7, 11) is 0. The Morgan fingerprint density at radius 2 is 2.06 bits per heavy atom. The second kappa shape index (κ2) is 10.2. The van der Waals surface area contributed by atoms with E-state index in [1.807, 2.05) is 12.2 Å². The Hall–Kier alpha value is 0.0600. The van der Waals surface area contributed by atoms with Crippen molar-refractivity contribution in [1.82, 2.24) is 0 Å². The van der Waals surface area contributed by atoms with E-state index >= 15 is 0 Å². The van der Waals surface area contributed by atoms with E-state index in [0.29, 0.717) is 5.92 Å². The van der Waals surface area contributed by atoms with Crippen LogP contribution in [0, 0.1) is 18.1 Å². The molecule has 0 amide bonds. The molecule has 2 aliphatic rings.